The van der Waals surface area contributed by atoms with Crippen LogP contribution in [0.3, 0.4) is 0 Å². The molecule has 0 radical (unpaired) electrons. The largest absolute Gasteiger partial charge is 0.507 e. The summed E-state index contributed by atoms with van der Waals surface area (Å²) in [6.07, 6.45) is -9.35. The molecule has 1 N–H and O–H groups in total. The molecule has 37 heavy (non-hydrogen) atoms. The number of phenolic OH excluding ortho intramolecular Hbond substituents is 1. The fraction of sp³-hybridized carbons (Fsp3) is 0.250. The molecule has 3 aromatic rings. The van der Waals surface area contributed by atoms with E-state index in [1.165, 1.54) is 0 Å². The van der Waals surface area contributed by atoms with E-state index in [0.717, 1.165) is 12.1 Å². The summed E-state index contributed by atoms with van der Waals surface area (Å²) in [4.78, 5) is 0. The predicted molar refractivity (Wildman–Crippen MR) is 108 cm³/mol. The van der Waals surface area contributed by atoms with Gasteiger partial charge in [-0.1, -0.05) is 13.3 Å². The average molecular weight is 544 g/mol. The van der Waals surface area contributed by atoms with Crippen LogP contribution in [-0.2, 0) is 18.7 Å². The lowest BCUT2D eigenvalue weighted by Crippen LogP contribution is -2.26. The summed E-state index contributed by atoms with van der Waals surface area (Å²) in [5.74, 6) is -15.3. The third-order valence-corrected chi connectivity index (χ3v) is 5.20. The van der Waals surface area contributed by atoms with Crippen LogP contribution in [0.2, 0.25) is 0 Å². The van der Waals surface area contributed by atoms with Crippen molar-refractivity contribution in [1.82, 2.24) is 0 Å². The molecule has 3 aromatic carbocycles. The Balaban J connectivity index is 2.12. The van der Waals surface area contributed by atoms with Gasteiger partial charge in [0.1, 0.15) is 51.7 Å². The van der Waals surface area contributed by atoms with E-state index >= 15 is 4.39 Å². The molecule has 200 valence electrons. The number of halogens is 11. The molecule has 0 unspecified atom stereocenters. The monoisotopic (exact) mass is 544 g/mol. The predicted octanol–water partition coefficient (Wildman–Crippen LogP) is 8.38. The summed E-state index contributed by atoms with van der Waals surface area (Å²) >= 11 is 0. The highest BCUT2D eigenvalue weighted by molar-refractivity contribution is 5.73. The summed E-state index contributed by atoms with van der Waals surface area (Å²) in [6, 6.07) is 0.816. The molecule has 0 heterocycles. The van der Waals surface area contributed by atoms with Crippen LogP contribution in [0, 0.1) is 34.9 Å². The van der Waals surface area contributed by atoms with Crippen molar-refractivity contribution in [3.05, 3.63) is 81.9 Å². The minimum absolute atomic E-state index is 0.108. The SMILES string of the molecule is CCCCc1cc(F)c(-c2c(O)cc(F)c(C(F)(F)Oc3cc(F)c(C(F)(F)F)c(F)c3)c2F)c(F)c1. The Bertz CT molecular complexity index is 1290. The van der Waals surface area contributed by atoms with Crippen molar-refractivity contribution in [2.24, 2.45) is 0 Å². The number of benzene rings is 3. The smallest absolute Gasteiger partial charge is 0.432 e. The van der Waals surface area contributed by atoms with E-state index in [-0.39, 0.29) is 30.2 Å². The number of aryl methyl sites for hydroxylation is 1. The zero-order chi connectivity index (χ0) is 27.9. The molecule has 0 fully saturated rings. The van der Waals surface area contributed by atoms with Gasteiger partial charge in [-0.05, 0) is 30.5 Å². The topological polar surface area (TPSA) is 29.5 Å². The van der Waals surface area contributed by atoms with E-state index in [2.05, 4.69) is 4.74 Å². The maximum Gasteiger partial charge on any atom is 0.432 e. The number of hydrogen-bond acceptors (Lipinski definition) is 2. The highest BCUT2D eigenvalue weighted by Gasteiger charge is 2.44. The molecule has 0 aliphatic rings. The van der Waals surface area contributed by atoms with Gasteiger partial charge in [0.25, 0.3) is 0 Å². The Labute approximate surface area is 201 Å². The van der Waals surface area contributed by atoms with Gasteiger partial charge in [0.05, 0.1) is 11.1 Å². The van der Waals surface area contributed by atoms with Gasteiger partial charge in [-0.2, -0.15) is 22.0 Å². The maximum absolute atomic E-state index is 15.1. The molecule has 0 aliphatic carbocycles. The molecule has 0 saturated heterocycles. The van der Waals surface area contributed by atoms with Crippen LogP contribution >= 0.6 is 0 Å². The third kappa shape index (κ3) is 5.59. The first-order chi connectivity index (χ1) is 17.1. The molecule has 13 heteroatoms. The Morgan fingerprint density at radius 2 is 1.22 bits per heavy atom. The molecule has 0 spiro atoms. The number of unbranched alkanes of at least 4 members (excludes halogenated alkanes) is 1. The van der Waals surface area contributed by atoms with Gasteiger partial charge in [-0.15, -0.1) is 0 Å². The molecule has 0 amide bonds. The molecule has 0 aromatic heterocycles. The van der Waals surface area contributed by atoms with Crippen molar-refractivity contribution in [2.75, 3.05) is 0 Å². The Hall–Kier alpha value is -3.51. The van der Waals surface area contributed by atoms with E-state index in [9.17, 15) is 49.0 Å². The van der Waals surface area contributed by atoms with Gasteiger partial charge in [-0.3, -0.25) is 0 Å². The van der Waals surface area contributed by atoms with Crippen molar-refractivity contribution >= 4 is 0 Å². The van der Waals surface area contributed by atoms with Crippen molar-refractivity contribution in [3.63, 3.8) is 0 Å². The second-order valence-electron chi connectivity index (χ2n) is 7.86. The number of rotatable bonds is 7. The van der Waals surface area contributed by atoms with E-state index in [1.54, 1.807) is 6.92 Å². The van der Waals surface area contributed by atoms with Crippen LogP contribution in [-0.4, -0.2) is 5.11 Å². The maximum atomic E-state index is 15.1. The van der Waals surface area contributed by atoms with E-state index in [0.29, 0.717) is 12.8 Å². The lowest BCUT2D eigenvalue weighted by molar-refractivity contribution is -0.189. The standard InChI is InChI=1S/C24H15F11O2/c1-2-3-4-10-5-12(25)18(13(26)6-10)19-17(36)9-16(29)21(22(19)30)24(34,35)37-11-7-14(27)20(15(28)8-11)23(31,32)33/h5-9,36H,2-4H2,1H3. The zero-order valence-electron chi connectivity index (χ0n) is 18.5. The van der Waals surface area contributed by atoms with E-state index < -0.39 is 80.9 Å². The molecule has 2 nitrogen and oxygen atoms in total. The van der Waals surface area contributed by atoms with Crippen LogP contribution < -0.4 is 4.74 Å². The number of ether oxygens (including phenoxy) is 1. The molecular weight excluding hydrogens is 529 g/mol. The van der Waals surface area contributed by atoms with Crippen molar-refractivity contribution in [2.45, 2.75) is 38.5 Å². The highest BCUT2D eigenvalue weighted by atomic mass is 19.4. The lowest BCUT2D eigenvalue weighted by atomic mass is 9.96. The fourth-order valence-electron chi connectivity index (χ4n) is 3.58. The second kappa shape index (κ2) is 10.1. The first-order valence-electron chi connectivity index (χ1n) is 10.4. The average Bonchev–Trinajstić information content (AvgIpc) is 2.71. The summed E-state index contributed by atoms with van der Waals surface area (Å²) in [5.41, 5.74) is -7.47. The van der Waals surface area contributed by atoms with Gasteiger partial charge < -0.3 is 9.84 Å². The van der Waals surface area contributed by atoms with Gasteiger partial charge in [-0.25, -0.2) is 26.3 Å². The molecule has 0 aliphatic heterocycles. The molecule has 0 atom stereocenters. The van der Waals surface area contributed by atoms with Crippen LogP contribution in [0.5, 0.6) is 11.5 Å². The lowest BCUT2D eigenvalue weighted by Gasteiger charge is -2.22. The third-order valence-electron chi connectivity index (χ3n) is 5.20. The van der Waals surface area contributed by atoms with Crippen molar-refractivity contribution < 1.29 is 58.1 Å². The second-order valence-corrected chi connectivity index (χ2v) is 7.86. The Morgan fingerprint density at radius 3 is 1.70 bits per heavy atom. The minimum Gasteiger partial charge on any atom is -0.507 e. The van der Waals surface area contributed by atoms with Crippen LogP contribution in [0.15, 0.2) is 30.3 Å². The van der Waals surface area contributed by atoms with Gasteiger partial charge in [0, 0.05) is 18.2 Å². The minimum atomic E-state index is -5.54. The van der Waals surface area contributed by atoms with Gasteiger partial charge >= 0.3 is 12.3 Å². The van der Waals surface area contributed by atoms with Crippen LogP contribution in [0.4, 0.5) is 48.3 Å². The quantitative estimate of drug-likeness (QED) is 0.303. The summed E-state index contributed by atoms with van der Waals surface area (Å²) < 4.78 is 158. The van der Waals surface area contributed by atoms with Gasteiger partial charge in [0.15, 0.2) is 5.82 Å². The normalized spacial score (nSPS) is 12.2. The summed E-state index contributed by atoms with van der Waals surface area (Å²) in [7, 11) is 0. The first kappa shape index (κ1) is 28.1. The number of hydrogen-bond donors (Lipinski definition) is 1. The number of phenols is 1. The molecule has 0 bridgehead atoms. The summed E-state index contributed by atoms with van der Waals surface area (Å²) in [5, 5.41) is 9.94. The number of aromatic hydroxyl groups is 1. The summed E-state index contributed by atoms with van der Waals surface area (Å²) in [6.45, 7) is 1.80. The van der Waals surface area contributed by atoms with Crippen LogP contribution in [0.1, 0.15) is 36.5 Å². The first-order valence-corrected chi connectivity index (χ1v) is 10.4. The van der Waals surface area contributed by atoms with Crippen molar-refractivity contribution in [1.29, 1.82) is 0 Å². The van der Waals surface area contributed by atoms with Gasteiger partial charge in [0.2, 0.25) is 0 Å². The molecular formula is C24H15F11O2. The van der Waals surface area contributed by atoms with Crippen molar-refractivity contribution in [3.8, 4) is 22.6 Å². The van der Waals surface area contributed by atoms with Crippen LogP contribution in [0.25, 0.3) is 11.1 Å². The number of alkyl halides is 5. The zero-order valence-corrected chi connectivity index (χ0v) is 18.5. The molecule has 0 saturated carbocycles. The highest BCUT2D eigenvalue weighted by Crippen LogP contribution is 2.44. The fourth-order valence-corrected chi connectivity index (χ4v) is 3.58. The van der Waals surface area contributed by atoms with E-state index in [1.807, 2.05) is 0 Å². The van der Waals surface area contributed by atoms with E-state index in [4.69, 9.17) is 0 Å². The Kier molecular flexibility index (Phi) is 7.66. The molecule has 3 rings (SSSR count). The Morgan fingerprint density at radius 1 is 0.703 bits per heavy atom.